The van der Waals surface area contributed by atoms with E-state index in [2.05, 4.69) is 5.32 Å². The van der Waals surface area contributed by atoms with Crippen molar-refractivity contribution in [2.45, 2.75) is 25.8 Å². The zero-order valence-electron chi connectivity index (χ0n) is 14.4. The molecule has 1 aliphatic carbocycles. The normalized spacial score (nSPS) is 13.0. The van der Waals surface area contributed by atoms with E-state index >= 15 is 0 Å². The molecule has 0 unspecified atom stereocenters. The number of carbonyl (C=O) groups is 3. The minimum Gasteiger partial charge on any atom is -0.452 e. The number of esters is 2. The fourth-order valence-corrected chi connectivity index (χ4v) is 2.39. The van der Waals surface area contributed by atoms with Crippen molar-refractivity contribution in [3.8, 4) is 16.9 Å². The summed E-state index contributed by atoms with van der Waals surface area (Å²) in [5.74, 6) is -0.699. The van der Waals surface area contributed by atoms with Gasteiger partial charge in [0, 0.05) is 13.0 Å². The molecule has 0 atom stereocenters. The van der Waals surface area contributed by atoms with Gasteiger partial charge in [0.25, 0.3) is 5.91 Å². The molecule has 26 heavy (non-hydrogen) atoms. The molecule has 0 aliphatic heterocycles. The van der Waals surface area contributed by atoms with Gasteiger partial charge in [-0.2, -0.15) is 0 Å². The summed E-state index contributed by atoms with van der Waals surface area (Å²) >= 11 is 0. The van der Waals surface area contributed by atoms with Crippen molar-refractivity contribution >= 4 is 17.8 Å². The summed E-state index contributed by atoms with van der Waals surface area (Å²) < 4.78 is 10.0. The van der Waals surface area contributed by atoms with Crippen LogP contribution in [-0.4, -0.2) is 30.5 Å². The lowest BCUT2D eigenvalue weighted by atomic mass is 10.0. The Morgan fingerprint density at radius 3 is 2.08 bits per heavy atom. The van der Waals surface area contributed by atoms with E-state index in [4.69, 9.17) is 9.47 Å². The largest absolute Gasteiger partial charge is 0.452 e. The van der Waals surface area contributed by atoms with E-state index in [0.717, 1.165) is 24.0 Å². The van der Waals surface area contributed by atoms with E-state index in [9.17, 15) is 14.4 Å². The Balaban J connectivity index is 1.57. The summed E-state index contributed by atoms with van der Waals surface area (Å²) in [5, 5.41) is 2.76. The predicted octanol–water partition coefficient (Wildman–Crippen LogP) is 2.71. The van der Waals surface area contributed by atoms with Crippen LogP contribution in [0.4, 0.5) is 0 Å². The molecule has 6 nitrogen and oxygen atoms in total. The molecule has 1 saturated carbocycles. The Hall–Kier alpha value is -3.15. The summed E-state index contributed by atoms with van der Waals surface area (Å²) in [6, 6.07) is 14.2. The molecule has 1 N–H and O–H groups in total. The third-order valence-corrected chi connectivity index (χ3v) is 3.85. The first-order valence-corrected chi connectivity index (χ1v) is 8.36. The quantitative estimate of drug-likeness (QED) is 0.638. The molecule has 0 heterocycles. The van der Waals surface area contributed by atoms with Crippen LogP contribution < -0.4 is 10.1 Å². The van der Waals surface area contributed by atoms with Gasteiger partial charge in [0.15, 0.2) is 6.61 Å². The Labute approximate surface area is 151 Å². The van der Waals surface area contributed by atoms with Crippen molar-refractivity contribution in [1.82, 2.24) is 5.32 Å². The zero-order valence-corrected chi connectivity index (χ0v) is 14.4. The van der Waals surface area contributed by atoms with Gasteiger partial charge in [0.1, 0.15) is 5.75 Å². The van der Waals surface area contributed by atoms with E-state index in [1.165, 1.54) is 6.92 Å². The molecule has 0 radical (unpaired) electrons. The van der Waals surface area contributed by atoms with Gasteiger partial charge in [-0.15, -0.1) is 0 Å². The molecule has 1 aliphatic rings. The Morgan fingerprint density at radius 2 is 1.54 bits per heavy atom. The summed E-state index contributed by atoms with van der Waals surface area (Å²) in [7, 11) is 0. The lowest BCUT2D eigenvalue weighted by molar-refractivity contribution is -0.131. The second kappa shape index (κ2) is 7.82. The molecule has 0 aromatic heterocycles. The Bertz CT molecular complexity index is 807. The first-order valence-electron chi connectivity index (χ1n) is 8.36. The lowest BCUT2D eigenvalue weighted by Crippen LogP contribution is -2.30. The fraction of sp³-hybridized carbons (Fsp3) is 0.250. The van der Waals surface area contributed by atoms with E-state index in [0.29, 0.717) is 11.3 Å². The van der Waals surface area contributed by atoms with Crippen molar-refractivity contribution in [2.75, 3.05) is 6.61 Å². The first-order chi connectivity index (χ1) is 12.5. The average Bonchev–Trinajstić information content (AvgIpc) is 3.44. The predicted molar refractivity (Wildman–Crippen MR) is 94.6 cm³/mol. The molecule has 1 amide bonds. The van der Waals surface area contributed by atoms with Crippen LogP contribution in [0.25, 0.3) is 11.1 Å². The third kappa shape index (κ3) is 4.92. The Morgan fingerprint density at radius 1 is 0.962 bits per heavy atom. The summed E-state index contributed by atoms with van der Waals surface area (Å²) in [6.07, 6.45) is 1.98. The topological polar surface area (TPSA) is 81.7 Å². The highest BCUT2D eigenvalue weighted by Crippen LogP contribution is 2.23. The van der Waals surface area contributed by atoms with Gasteiger partial charge in [-0.05, 0) is 48.2 Å². The van der Waals surface area contributed by atoms with Crippen LogP contribution in [0.5, 0.6) is 5.75 Å². The number of hydrogen-bond donors (Lipinski definition) is 1. The maximum atomic E-state index is 12.0. The monoisotopic (exact) mass is 353 g/mol. The number of amides is 1. The SMILES string of the molecule is CC(=O)Oc1ccc(-c2ccc(C(=O)OCC(=O)NC3CC3)cc2)cc1. The maximum Gasteiger partial charge on any atom is 0.338 e. The van der Waals surface area contributed by atoms with Gasteiger partial charge in [0.05, 0.1) is 5.56 Å². The lowest BCUT2D eigenvalue weighted by Gasteiger charge is -2.07. The number of hydrogen-bond acceptors (Lipinski definition) is 5. The van der Waals surface area contributed by atoms with Crippen LogP contribution in [0.3, 0.4) is 0 Å². The molecular formula is C20H19NO5. The smallest absolute Gasteiger partial charge is 0.338 e. The van der Waals surface area contributed by atoms with Crippen LogP contribution in [0.15, 0.2) is 48.5 Å². The minimum atomic E-state index is -0.535. The highest BCUT2D eigenvalue weighted by molar-refractivity contribution is 5.92. The van der Waals surface area contributed by atoms with E-state index < -0.39 is 5.97 Å². The van der Waals surface area contributed by atoms with E-state index in [-0.39, 0.29) is 24.5 Å². The fourth-order valence-electron chi connectivity index (χ4n) is 2.39. The standard InChI is InChI=1S/C20H19NO5/c1-13(22)26-18-10-6-15(7-11-18)14-2-4-16(5-3-14)20(24)25-12-19(23)21-17-8-9-17/h2-7,10-11,17H,8-9,12H2,1H3,(H,21,23). The average molecular weight is 353 g/mol. The number of rotatable bonds is 6. The molecule has 2 aromatic carbocycles. The second-order valence-corrected chi connectivity index (χ2v) is 6.11. The highest BCUT2D eigenvalue weighted by Gasteiger charge is 2.23. The number of carbonyl (C=O) groups excluding carboxylic acids is 3. The summed E-state index contributed by atoms with van der Waals surface area (Å²) in [4.78, 5) is 34.5. The second-order valence-electron chi connectivity index (χ2n) is 6.11. The highest BCUT2D eigenvalue weighted by atomic mass is 16.5. The van der Waals surface area contributed by atoms with Gasteiger partial charge in [-0.1, -0.05) is 24.3 Å². The van der Waals surface area contributed by atoms with Crippen molar-refractivity contribution in [1.29, 1.82) is 0 Å². The van der Waals surface area contributed by atoms with Gasteiger partial charge in [0.2, 0.25) is 0 Å². The van der Waals surface area contributed by atoms with Crippen LogP contribution >= 0.6 is 0 Å². The molecule has 0 bridgehead atoms. The van der Waals surface area contributed by atoms with Gasteiger partial charge < -0.3 is 14.8 Å². The number of ether oxygens (including phenoxy) is 2. The number of benzene rings is 2. The number of nitrogens with one attached hydrogen (secondary N) is 1. The van der Waals surface area contributed by atoms with Crippen molar-refractivity contribution < 1.29 is 23.9 Å². The van der Waals surface area contributed by atoms with Gasteiger partial charge >= 0.3 is 11.9 Å². The molecule has 1 fully saturated rings. The molecule has 2 aromatic rings. The van der Waals surface area contributed by atoms with Crippen molar-refractivity contribution in [3.63, 3.8) is 0 Å². The molecule has 6 heteroatoms. The minimum absolute atomic E-state index is 0.243. The summed E-state index contributed by atoms with van der Waals surface area (Å²) in [5.41, 5.74) is 2.21. The molecular weight excluding hydrogens is 334 g/mol. The van der Waals surface area contributed by atoms with Gasteiger partial charge in [-0.25, -0.2) is 4.79 Å². The third-order valence-electron chi connectivity index (χ3n) is 3.85. The molecule has 134 valence electrons. The molecule has 0 spiro atoms. The van der Waals surface area contributed by atoms with E-state index in [1.54, 1.807) is 36.4 Å². The zero-order chi connectivity index (χ0) is 18.5. The van der Waals surface area contributed by atoms with Gasteiger partial charge in [-0.3, -0.25) is 9.59 Å². The molecule has 3 rings (SSSR count). The van der Waals surface area contributed by atoms with Crippen LogP contribution in [0, 0.1) is 0 Å². The summed E-state index contributed by atoms with van der Waals surface area (Å²) in [6.45, 7) is 1.08. The molecule has 0 saturated heterocycles. The van der Waals surface area contributed by atoms with Crippen LogP contribution in [0.1, 0.15) is 30.1 Å². The Kier molecular flexibility index (Phi) is 5.31. The van der Waals surface area contributed by atoms with Crippen LogP contribution in [0.2, 0.25) is 0 Å². The van der Waals surface area contributed by atoms with E-state index in [1.807, 2.05) is 12.1 Å². The van der Waals surface area contributed by atoms with Crippen LogP contribution in [-0.2, 0) is 14.3 Å². The first kappa shape index (κ1) is 17.7. The maximum absolute atomic E-state index is 12.0. The van der Waals surface area contributed by atoms with Crippen molar-refractivity contribution in [3.05, 3.63) is 54.1 Å². The van der Waals surface area contributed by atoms with Crippen molar-refractivity contribution in [2.24, 2.45) is 0 Å².